The summed E-state index contributed by atoms with van der Waals surface area (Å²) in [5.74, 6) is 0. The fourth-order valence-electron chi connectivity index (χ4n) is 5.60. The number of halogens is 1. The molecule has 0 saturated carbocycles. The van der Waals surface area contributed by atoms with E-state index in [0.717, 1.165) is 37.6 Å². The van der Waals surface area contributed by atoms with Gasteiger partial charge in [-0.2, -0.15) is 0 Å². The molecule has 176 valence electrons. The molecule has 2 aliphatic heterocycles. The molecule has 1 saturated heterocycles. The van der Waals surface area contributed by atoms with Gasteiger partial charge in [-0.25, -0.2) is 0 Å². The van der Waals surface area contributed by atoms with Crippen molar-refractivity contribution in [1.82, 2.24) is 9.80 Å². The second kappa shape index (κ2) is 10.2. The summed E-state index contributed by atoms with van der Waals surface area (Å²) >= 11 is 8.39. The number of hydrogen-bond donors (Lipinski definition) is 0. The quantitative estimate of drug-likeness (QED) is 0.289. The minimum atomic E-state index is 0.284. The maximum absolute atomic E-state index is 6.51. The zero-order valence-corrected chi connectivity index (χ0v) is 21.3. The fraction of sp³-hybridized carbons (Fsp3) is 0.226. The fourth-order valence-corrected chi connectivity index (χ4v) is 6.89. The second-order valence-electron chi connectivity index (χ2n) is 9.41. The Balaban J connectivity index is 1.28. The van der Waals surface area contributed by atoms with E-state index in [1.165, 1.54) is 32.0 Å². The van der Waals surface area contributed by atoms with E-state index in [9.17, 15) is 0 Å². The maximum Gasteiger partial charge on any atom is 0.0602 e. The van der Waals surface area contributed by atoms with Gasteiger partial charge in [-0.3, -0.25) is 9.80 Å². The van der Waals surface area contributed by atoms with Crippen LogP contribution in [0.3, 0.4) is 0 Å². The summed E-state index contributed by atoms with van der Waals surface area (Å²) in [6.07, 6.45) is 1.03. The van der Waals surface area contributed by atoms with Crippen molar-refractivity contribution in [2.75, 3.05) is 26.2 Å². The molecule has 0 bridgehead atoms. The third-order valence-corrected chi connectivity index (χ3v) is 8.77. The van der Waals surface area contributed by atoms with Crippen molar-refractivity contribution in [3.8, 4) is 0 Å². The van der Waals surface area contributed by atoms with Crippen molar-refractivity contribution in [2.24, 2.45) is 0 Å². The first-order chi connectivity index (χ1) is 17.3. The van der Waals surface area contributed by atoms with Gasteiger partial charge in [0.2, 0.25) is 0 Å². The Bertz CT molecular complexity index is 1250. The molecule has 4 aromatic rings. The highest BCUT2D eigenvalue weighted by atomic mass is 35.5. The van der Waals surface area contributed by atoms with E-state index in [1.807, 2.05) is 17.8 Å². The molecule has 1 atom stereocenters. The lowest BCUT2D eigenvalue weighted by Gasteiger charge is -2.43. The standard InChI is InChI=1S/C31H29ClN2S/c32-26-15-16-30-27(22-26)28(21-25-13-7-8-14-29(25)35-30)33-17-19-34(20-18-33)31(23-9-3-1-4-10-23)24-11-5-2-6-12-24/h1-16,22,28,31H,17-21H2. The Labute approximate surface area is 217 Å². The van der Waals surface area contributed by atoms with Crippen LogP contribution in [0.15, 0.2) is 113 Å². The van der Waals surface area contributed by atoms with Gasteiger partial charge < -0.3 is 0 Å². The summed E-state index contributed by atoms with van der Waals surface area (Å²) in [5, 5.41) is 0.826. The van der Waals surface area contributed by atoms with Crippen LogP contribution < -0.4 is 0 Å². The van der Waals surface area contributed by atoms with E-state index in [4.69, 9.17) is 11.6 Å². The average Bonchev–Trinajstić information content (AvgIpc) is 3.07. The van der Waals surface area contributed by atoms with E-state index in [1.54, 1.807) is 0 Å². The molecule has 1 fully saturated rings. The zero-order valence-electron chi connectivity index (χ0n) is 19.7. The highest BCUT2D eigenvalue weighted by molar-refractivity contribution is 7.99. The van der Waals surface area contributed by atoms with E-state index in [0.29, 0.717) is 6.04 Å². The lowest BCUT2D eigenvalue weighted by molar-refractivity contribution is 0.0773. The van der Waals surface area contributed by atoms with Gasteiger partial charge in [0.05, 0.1) is 6.04 Å². The van der Waals surface area contributed by atoms with E-state index in [2.05, 4.69) is 107 Å². The minimum Gasteiger partial charge on any atom is -0.293 e. The average molecular weight is 497 g/mol. The zero-order chi connectivity index (χ0) is 23.6. The molecular weight excluding hydrogens is 468 g/mol. The topological polar surface area (TPSA) is 6.48 Å². The first kappa shape index (κ1) is 22.9. The molecule has 0 aromatic heterocycles. The van der Waals surface area contributed by atoms with E-state index >= 15 is 0 Å². The second-order valence-corrected chi connectivity index (χ2v) is 10.9. The summed E-state index contributed by atoms with van der Waals surface area (Å²) in [5.41, 5.74) is 5.53. The van der Waals surface area contributed by atoms with Crippen LogP contribution in [0.1, 0.15) is 34.3 Å². The van der Waals surface area contributed by atoms with Gasteiger partial charge in [-0.15, -0.1) is 0 Å². The highest BCUT2D eigenvalue weighted by Gasteiger charge is 2.32. The SMILES string of the molecule is Clc1ccc2c(c1)C(N1CCN(C(c3ccccc3)c3ccccc3)CC1)Cc1ccccc1S2. The molecule has 0 spiro atoms. The largest absolute Gasteiger partial charge is 0.293 e. The Hall–Kier alpha value is -2.56. The maximum atomic E-state index is 6.51. The van der Waals surface area contributed by atoms with Gasteiger partial charge in [0.1, 0.15) is 0 Å². The van der Waals surface area contributed by atoms with Crippen LogP contribution in [0, 0.1) is 0 Å². The number of fused-ring (bicyclic) bond motifs is 2. The van der Waals surface area contributed by atoms with Crippen molar-refractivity contribution in [1.29, 1.82) is 0 Å². The monoisotopic (exact) mass is 496 g/mol. The third kappa shape index (κ3) is 4.79. The molecule has 4 heteroatoms. The summed E-state index contributed by atoms with van der Waals surface area (Å²) < 4.78 is 0. The Kier molecular flexibility index (Phi) is 6.67. The van der Waals surface area contributed by atoms with Gasteiger partial charge >= 0.3 is 0 Å². The first-order valence-corrected chi connectivity index (χ1v) is 13.6. The van der Waals surface area contributed by atoms with Crippen LogP contribution in [0.25, 0.3) is 0 Å². The molecule has 0 N–H and O–H groups in total. The summed E-state index contributed by atoms with van der Waals surface area (Å²) in [6, 6.07) is 37.8. The van der Waals surface area contributed by atoms with Gasteiger partial charge in [0.15, 0.2) is 0 Å². The molecule has 2 aliphatic rings. The highest BCUT2D eigenvalue weighted by Crippen LogP contribution is 2.44. The van der Waals surface area contributed by atoms with Crippen LogP contribution in [0.4, 0.5) is 0 Å². The first-order valence-electron chi connectivity index (χ1n) is 12.4. The minimum absolute atomic E-state index is 0.284. The molecule has 35 heavy (non-hydrogen) atoms. The number of nitrogens with zero attached hydrogens (tertiary/aromatic N) is 2. The lowest BCUT2D eigenvalue weighted by Crippen LogP contribution is -2.49. The molecule has 2 heterocycles. The van der Waals surface area contributed by atoms with Crippen molar-refractivity contribution < 1.29 is 0 Å². The Morgan fingerprint density at radius 2 is 1.31 bits per heavy atom. The van der Waals surface area contributed by atoms with Gasteiger partial charge in [0.25, 0.3) is 0 Å². The number of piperazine rings is 1. The Morgan fingerprint density at radius 3 is 2.00 bits per heavy atom. The number of benzene rings is 4. The van der Waals surface area contributed by atoms with Crippen LogP contribution in [-0.4, -0.2) is 36.0 Å². The normalized spacial score (nSPS) is 18.6. The predicted molar refractivity (Wildman–Crippen MR) is 146 cm³/mol. The third-order valence-electron chi connectivity index (χ3n) is 7.32. The predicted octanol–water partition coefficient (Wildman–Crippen LogP) is 7.50. The molecule has 2 nitrogen and oxygen atoms in total. The van der Waals surface area contributed by atoms with Crippen LogP contribution in [-0.2, 0) is 6.42 Å². The van der Waals surface area contributed by atoms with Crippen LogP contribution in [0.2, 0.25) is 5.02 Å². The summed E-state index contributed by atoms with van der Waals surface area (Å²) in [7, 11) is 0. The van der Waals surface area contributed by atoms with Gasteiger partial charge in [0, 0.05) is 47.0 Å². The van der Waals surface area contributed by atoms with Gasteiger partial charge in [-0.05, 0) is 52.9 Å². The van der Waals surface area contributed by atoms with Crippen molar-refractivity contribution in [3.63, 3.8) is 0 Å². The smallest absolute Gasteiger partial charge is 0.0602 e. The molecule has 0 aliphatic carbocycles. The molecule has 1 unspecified atom stereocenters. The molecular formula is C31H29ClN2S. The summed E-state index contributed by atoms with van der Waals surface area (Å²) in [4.78, 5) is 8.03. The van der Waals surface area contributed by atoms with E-state index in [-0.39, 0.29) is 6.04 Å². The molecule has 0 radical (unpaired) electrons. The molecule has 6 rings (SSSR count). The van der Waals surface area contributed by atoms with Crippen LogP contribution in [0.5, 0.6) is 0 Å². The lowest BCUT2D eigenvalue weighted by atomic mass is 9.94. The van der Waals surface area contributed by atoms with Gasteiger partial charge in [-0.1, -0.05) is 102 Å². The molecule has 4 aromatic carbocycles. The number of rotatable bonds is 4. The number of hydrogen-bond acceptors (Lipinski definition) is 3. The van der Waals surface area contributed by atoms with Crippen molar-refractivity contribution >= 4 is 23.4 Å². The van der Waals surface area contributed by atoms with Crippen molar-refractivity contribution in [3.05, 3.63) is 130 Å². The van der Waals surface area contributed by atoms with E-state index < -0.39 is 0 Å². The Morgan fingerprint density at radius 1 is 0.686 bits per heavy atom. The summed E-state index contributed by atoms with van der Waals surface area (Å²) in [6.45, 7) is 4.16. The molecule has 0 amide bonds. The van der Waals surface area contributed by atoms with Crippen LogP contribution >= 0.6 is 23.4 Å². The van der Waals surface area contributed by atoms with Crippen molar-refractivity contribution in [2.45, 2.75) is 28.3 Å².